The molecule has 0 radical (unpaired) electrons. The number of esters is 1. The molecule has 0 fully saturated rings. The number of aryl methyl sites for hydroxylation is 2. The molecule has 1 heterocycles. The zero-order valence-electron chi connectivity index (χ0n) is 16.1. The van der Waals surface area contributed by atoms with E-state index in [1.54, 1.807) is 0 Å². The molecule has 0 bridgehead atoms. The number of aromatic nitrogens is 1. The fourth-order valence-electron chi connectivity index (χ4n) is 2.67. The maximum absolute atomic E-state index is 12.6. The summed E-state index contributed by atoms with van der Waals surface area (Å²) in [6.07, 6.45) is 0.555. The number of fused-ring (bicyclic) bond motifs is 1. The van der Waals surface area contributed by atoms with Crippen molar-refractivity contribution in [2.24, 2.45) is 5.92 Å². The second-order valence-electron chi connectivity index (χ2n) is 6.66. The summed E-state index contributed by atoms with van der Waals surface area (Å²) in [6, 6.07) is 6.93. The number of para-hydroxylation sites is 1. The third-order valence-electron chi connectivity index (χ3n) is 4.02. The monoisotopic (exact) mass is 371 g/mol. The van der Waals surface area contributed by atoms with Crippen molar-refractivity contribution in [3.63, 3.8) is 0 Å². The van der Waals surface area contributed by atoms with Gasteiger partial charge in [-0.3, -0.25) is 15.1 Å². The Morgan fingerprint density at radius 3 is 2.56 bits per heavy atom. The second kappa shape index (κ2) is 9.12. The number of amides is 3. The van der Waals surface area contributed by atoms with Crippen molar-refractivity contribution < 1.29 is 19.1 Å². The average Bonchev–Trinajstić information content (AvgIpc) is 2.64. The third kappa shape index (κ3) is 5.26. The third-order valence-corrected chi connectivity index (χ3v) is 4.02. The first kappa shape index (κ1) is 20.4. The molecule has 0 saturated heterocycles. The van der Waals surface area contributed by atoms with Gasteiger partial charge in [-0.05, 0) is 30.9 Å². The van der Waals surface area contributed by atoms with Gasteiger partial charge < -0.3 is 10.1 Å². The lowest BCUT2D eigenvalue weighted by atomic mass is 10.0. The minimum absolute atomic E-state index is 0.263. The van der Waals surface area contributed by atoms with E-state index in [2.05, 4.69) is 15.6 Å². The number of nitrogens with one attached hydrogen (secondary N) is 2. The van der Waals surface area contributed by atoms with Crippen LogP contribution in [0.15, 0.2) is 24.3 Å². The Kier molecular flexibility index (Phi) is 6.87. The molecule has 1 aromatic carbocycles. The standard InChI is InChI=1S/C20H25N3O4/c1-5-15-18(13(4)14-8-6-7-9-16(14)22-15)19(25)27-11-17(24)23-20(26)21-10-12(2)3/h6-9,12H,5,10-11H2,1-4H3,(H2,21,23,24,26). The normalized spacial score (nSPS) is 10.7. The van der Waals surface area contributed by atoms with E-state index >= 15 is 0 Å². The van der Waals surface area contributed by atoms with E-state index in [1.165, 1.54) is 0 Å². The Bertz CT molecular complexity index is 862. The highest BCUT2D eigenvalue weighted by molar-refractivity contribution is 6.00. The summed E-state index contributed by atoms with van der Waals surface area (Å²) >= 11 is 0. The lowest BCUT2D eigenvalue weighted by Gasteiger charge is -2.13. The molecule has 1 aromatic heterocycles. The summed E-state index contributed by atoms with van der Waals surface area (Å²) in [5.74, 6) is -1.05. The summed E-state index contributed by atoms with van der Waals surface area (Å²) < 4.78 is 5.12. The van der Waals surface area contributed by atoms with Gasteiger partial charge in [0, 0.05) is 11.9 Å². The smallest absolute Gasteiger partial charge is 0.340 e. The summed E-state index contributed by atoms with van der Waals surface area (Å²) in [4.78, 5) is 40.5. The molecular weight excluding hydrogens is 346 g/mol. The van der Waals surface area contributed by atoms with Gasteiger partial charge in [-0.25, -0.2) is 9.59 Å². The lowest BCUT2D eigenvalue weighted by molar-refractivity contribution is -0.123. The van der Waals surface area contributed by atoms with Crippen LogP contribution in [0.5, 0.6) is 0 Å². The van der Waals surface area contributed by atoms with Crippen LogP contribution in [0.3, 0.4) is 0 Å². The first-order valence-electron chi connectivity index (χ1n) is 8.96. The lowest BCUT2D eigenvalue weighted by Crippen LogP contribution is -2.42. The van der Waals surface area contributed by atoms with Crippen LogP contribution in [0.25, 0.3) is 10.9 Å². The van der Waals surface area contributed by atoms with Crippen LogP contribution < -0.4 is 10.6 Å². The van der Waals surface area contributed by atoms with E-state index in [-0.39, 0.29) is 5.92 Å². The topological polar surface area (TPSA) is 97.4 Å². The molecule has 0 saturated carbocycles. The number of imide groups is 1. The fraction of sp³-hybridized carbons (Fsp3) is 0.400. The number of benzene rings is 1. The van der Waals surface area contributed by atoms with Crippen LogP contribution in [0, 0.1) is 12.8 Å². The average molecular weight is 371 g/mol. The van der Waals surface area contributed by atoms with Crippen molar-refractivity contribution in [3.8, 4) is 0 Å². The minimum atomic E-state index is -0.686. The van der Waals surface area contributed by atoms with Crippen molar-refractivity contribution in [2.45, 2.75) is 34.1 Å². The van der Waals surface area contributed by atoms with Crippen molar-refractivity contribution in [1.29, 1.82) is 0 Å². The van der Waals surface area contributed by atoms with Gasteiger partial charge in [0.15, 0.2) is 6.61 Å². The molecule has 2 N–H and O–H groups in total. The fourth-order valence-corrected chi connectivity index (χ4v) is 2.67. The Balaban J connectivity index is 2.06. The number of carbonyl (C=O) groups excluding carboxylic acids is 3. The molecule has 0 aliphatic heterocycles. The van der Waals surface area contributed by atoms with E-state index in [0.717, 1.165) is 16.5 Å². The quantitative estimate of drug-likeness (QED) is 0.761. The Labute approximate surface area is 158 Å². The number of nitrogens with zero attached hydrogens (tertiary/aromatic N) is 1. The molecule has 0 spiro atoms. The molecule has 0 aliphatic carbocycles. The first-order valence-corrected chi connectivity index (χ1v) is 8.96. The molecule has 0 aliphatic rings. The predicted octanol–water partition coefficient (Wildman–Crippen LogP) is 2.74. The number of urea groups is 1. The summed E-state index contributed by atoms with van der Waals surface area (Å²) in [6.45, 7) is 7.52. The van der Waals surface area contributed by atoms with Crippen LogP contribution in [-0.4, -0.2) is 36.0 Å². The second-order valence-corrected chi connectivity index (χ2v) is 6.66. The number of pyridine rings is 1. The van der Waals surface area contributed by atoms with E-state index in [9.17, 15) is 14.4 Å². The number of ether oxygens (including phenoxy) is 1. The van der Waals surface area contributed by atoms with Crippen LogP contribution in [0.1, 0.15) is 42.4 Å². The molecule has 3 amide bonds. The largest absolute Gasteiger partial charge is 0.452 e. The summed E-state index contributed by atoms with van der Waals surface area (Å²) in [5.41, 5.74) is 2.56. The highest BCUT2D eigenvalue weighted by atomic mass is 16.5. The maximum Gasteiger partial charge on any atom is 0.340 e. The number of carbonyl (C=O) groups is 3. The molecule has 7 nitrogen and oxygen atoms in total. The van der Waals surface area contributed by atoms with Crippen molar-refractivity contribution >= 4 is 28.8 Å². The van der Waals surface area contributed by atoms with E-state index in [0.29, 0.717) is 24.2 Å². The molecule has 2 rings (SSSR count). The van der Waals surface area contributed by atoms with Crippen LogP contribution >= 0.6 is 0 Å². The van der Waals surface area contributed by atoms with Crippen molar-refractivity contribution in [3.05, 3.63) is 41.1 Å². The van der Waals surface area contributed by atoms with E-state index < -0.39 is 24.5 Å². The highest BCUT2D eigenvalue weighted by Gasteiger charge is 2.20. The molecule has 0 unspecified atom stereocenters. The van der Waals surface area contributed by atoms with Crippen LogP contribution in [-0.2, 0) is 16.0 Å². The van der Waals surface area contributed by atoms with Gasteiger partial charge in [0.25, 0.3) is 5.91 Å². The number of hydrogen-bond donors (Lipinski definition) is 2. The summed E-state index contributed by atoms with van der Waals surface area (Å²) in [5, 5.41) is 5.55. The Hall–Kier alpha value is -2.96. The summed E-state index contributed by atoms with van der Waals surface area (Å²) in [7, 11) is 0. The first-order chi connectivity index (χ1) is 12.8. The van der Waals surface area contributed by atoms with Gasteiger partial charge in [-0.2, -0.15) is 0 Å². The van der Waals surface area contributed by atoms with E-state index in [4.69, 9.17) is 4.74 Å². The van der Waals surface area contributed by atoms with Gasteiger partial charge in [0.2, 0.25) is 0 Å². The zero-order valence-corrected chi connectivity index (χ0v) is 16.1. The van der Waals surface area contributed by atoms with Crippen LogP contribution in [0.4, 0.5) is 4.79 Å². The Morgan fingerprint density at radius 1 is 1.19 bits per heavy atom. The zero-order chi connectivity index (χ0) is 20.0. The molecule has 7 heteroatoms. The van der Waals surface area contributed by atoms with E-state index in [1.807, 2.05) is 52.0 Å². The van der Waals surface area contributed by atoms with Crippen LogP contribution in [0.2, 0.25) is 0 Å². The van der Waals surface area contributed by atoms with Gasteiger partial charge in [-0.15, -0.1) is 0 Å². The molecule has 0 atom stereocenters. The molecule has 2 aromatic rings. The number of hydrogen-bond acceptors (Lipinski definition) is 5. The molecular formula is C20H25N3O4. The minimum Gasteiger partial charge on any atom is -0.452 e. The van der Waals surface area contributed by atoms with Crippen molar-refractivity contribution in [2.75, 3.05) is 13.2 Å². The maximum atomic E-state index is 12.6. The number of rotatable bonds is 6. The van der Waals surface area contributed by atoms with Crippen molar-refractivity contribution in [1.82, 2.24) is 15.6 Å². The van der Waals surface area contributed by atoms with Gasteiger partial charge in [0.1, 0.15) is 0 Å². The SMILES string of the molecule is CCc1nc2ccccc2c(C)c1C(=O)OCC(=O)NC(=O)NCC(C)C. The molecule has 144 valence electrons. The predicted molar refractivity (Wildman–Crippen MR) is 103 cm³/mol. The Morgan fingerprint density at radius 2 is 1.89 bits per heavy atom. The van der Waals surface area contributed by atoms with Gasteiger partial charge in [-0.1, -0.05) is 39.0 Å². The highest BCUT2D eigenvalue weighted by Crippen LogP contribution is 2.24. The van der Waals surface area contributed by atoms with Gasteiger partial charge in [0.05, 0.1) is 16.8 Å². The molecule has 27 heavy (non-hydrogen) atoms. The van der Waals surface area contributed by atoms with Gasteiger partial charge >= 0.3 is 12.0 Å².